The van der Waals surface area contributed by atoms with E-state index in [-0.39, 0.29) is 22.6 Å². The van der Waals surface area contributed by atoms with Crippen LogP contribution in [0.1, 0.15) is 45.7 Å². The van der Waals surface area contributed by atoms with Crippen LogP contribution in [0.15, 0.2) is 78.1 Å². The Morgan fingerprint density at radius 1 is 1.06 bits per heavy atom. The number of rotatable bonds is 6. The number of amides is 1. The van der Waals surface area contributed by atoms with E-state index in [9.17, 15) is 18.0 Å². The van der Waals surface area contributed by atoms with Crippen molar-refractivity contribution in [3.63, 3.8) is 0 Å². The Kier molecular flexibility index (Phi) is 7.03. The summed E-state index contributed by atoms with van der Waals surface area (Å²) >= 11 is 0. The zero-order valence-corrected chi connectivity index (χ0v) is 26.3. The third-order valence-electron chi connectivity index (χ3n) is 7.94. The molecule has 4 aromatic heterocycles. The van der Waals surface area contributed by atoms with E-state index in [2.05, 4.69) is 37.1 Å². The number of benzene rings is 2. The van der Waals surface area contributed by atoms with Gasteiger partial charge in [-0.15, -0.1) is 5.10 Å². The molecule has 0 radical (unpaired) electrons. The summed E-state index contributed by atoms with van der Waals surface area (Å²) in [6.07, 6.45) is 6.45. The molecule has 5 heterocycles. The van der Waals surface area contributed by atoms with Crippen LogP contribution in [0.2, 0.25) is 0 Å². The molecule has 1 aliphatic rings. The number of para-hydroxylation sites is 1. The van der Waals surface area contributed by atoms with Crippen molar-refractivity contribution >= 4 is 44.0 Å². The lowest BCUT2D eigenvalue weighted by molar-refractivity contribution is 0.0941. The van der Waals surface area contributed by atoms with Gasteiger partial charge in [-0.3, -0.25) is 23.6 Å². The van der Waals surface area contributed by atoms with E-state index in [4.69, 9.17) is 5.14 Å². The van der Waals surface area contributed by atoms with Crippen molar-refractivity contribution in [2.45, 2.75) is 19.5 Å². The maximum absolute atomic E-state index is 14.7. The molecule has 0 unspecified atom stereocenters. The number of carbonyl (C=O) groups is 1. The number of aromatic nitrogens is 6. The molecule has 14 nitrogen and oxygen atoms in total. The number of carbonyl (C=O) groups excluding carboxylic acids is 1. The molecule has 1 amide bonds. The third kappa shape index (κ3) is 5.25. The molecule has 0 saturated carbocycles. The molecule has 0 fully saturated rings. The summed E-state index contributed by atoms with van der Waals surface area (Å²) in [6.45, 7) is 2.23. The number of nitrogens with zero attached hydrogens (tertiary/aromatic N) is 7. The molecule has 0 bridgehead atoms. The van der Waals surface area contributed by atoms with E-state index in [0.717, 1.165) is 16.6 Å². The van der Waals surface area contributed by atoms with Crippen LogP contribution in [-0.4, -0.2) is 50.3 Å². The molecule has 0 aliphatic carbocycles. The number of nitrogens with one attached hydrogen (secondary N) is 2. The van der Waals surface area contributed by atoms with Crippen LogP contribution in [0.5, 0.6) is 0 Å². The van der Waals surface area contributed by atoms with Crippen LogP contribution < -0.4 is 25.6 Å². The van der Waals surface area contributed by atoms with Gasteiger partial charge in [0.2, 0.25) is 0 Å². The van der Waals surface area contributed by atoms with E-state index in [1.165, 1.54) is 16.9 Å². The SMILES string of the molecule is C[C@H](NC(=O)c1c(NS(N)(=O)=O)nn2cccnc12)c1c2c3c(ccc(C#Cc4cnn(C)c4)c3c(=O)n1-c1ccccc1)N(C)C2. The molecule has 0 saturated heterocycles. The Labute approximate surface area is 268 Å². The molecular formula is C32H28N10O4S. The van der Waals surface area contributed by atoms with Crippen LogP contribution in [0.25, 0.3) is 22.1 Å². The minimum absolute atomic E-state index is 0.116. The van der Waals surface area contributed by atoms with Gasteiger partial charge in [0.05, 0.1) is 28.9 Å². The average molecular weight is 649 g/mol. The van der Waals surface area contributed by atoms with Gasteiger partial charge >= 0.3 is 0 Å². The van der Waals surface area contributed by atoms with Gasteiger partial charge in [-0.2, -0.15) is 13.5 Å². The number of aryl methyl sites for hydroxylation is 1. The molecule has 4 N–H and O–H groups in total. The zero-order valence-electron chi connectivity index (χ0n) is 25.5. The van der Waals surface area contributed by atoms with Crippen LogP contribution in [-0.2, 0) is 23.8 Å². The lowest BCUT2D eigenvalue weighted by atomic mass is 9.97. The molecular weight excluding hydrogens is 620 g/mol. The highest BCUT2D eigenvalue weighted by Crippen LogP contribution is 2.40. The Hall–Kier alpha value is -5.98. The molecule has 6 aromatic rings. The number of anilines is 2. The summed E-state index contributed by atoms with van der Waals surface area (Å²) in [6, 6.07) is 13.8. The largest absolute Gasteiger partial charge is 0.370 e. The minimum Gasteiger partial charge on any atom is -0.370 e. The summed E-state index contributed by atoms with van der Waals surface area (Å²) in [5.41, 5.74) is 3.86. The molecule has 1 atom stereocenters. The van der Waals surface area contributed by atoms with Gasteiger partial charge < -0.3 is 10.2 Å². The van der Waals surface area contributed by atoms with E-state index >= 15 is 0 Å². The van der Waals surface area contributed by atoms with Crippen molar-refractivity contribution < 1.29 is 13.2 Å². The van der Waals surface area contributed by atoms with Gasteiger partial charge in [-0.1, -0.05) is 30.0 Å². The fraction of sp³-hybridized carbons (Fsp3) is 0.156. The topological polar surface area (TPSA) is 175 Å². The number of pyridine rings is 1. The highest BCUT2D eigenvalue weighted by Gasteiger charge is 2.32. The van der Waals surface area contributed by atoms with Crippen molar-refractivity contribution in [3.8, 4) is 17.5 Å². The van der Waals surface area contributed by atoms with Gasteiger partial charge in [-0.05, 0) is 37.3 Å². The molecule has 15 heteroatoms. The Bertz CT molecular complexity index is 2470. The fourth-order valence-corrected chi connectivity index (χ4v) is 6.47. The number of hydrogen-bond acceptors (Lipinski definition) is 8. The second-order valence-corrected chi connectivity index (χ2v) is 12.5. The molecule has 2 aromatic carbocycles. The molecule has 236 valence electrons. The monoisotopic (exact) mass is 648 g/mol. The maximum atomic E-state index is 14.7. The highest BCUT2D eigenvalue weighted by molar-refractivity contribution is 7.90. The lowest BCUT2D eigenvalue weighted by Crippen LogP contribution is -2.34. The van der Waals surface area contributed by atoms with Gasteiger partial charge in [0.15, 0.2) is 11.5 Å². The highest BCUT2D eigenvalue weighted by atomic mass is 32.2. The number of nitrogens with two attached hydrogens (primary N) is 1. The molecule has 1 aliphatic heterocycles. The van der Waals surface area contributed by atoms with E-state index in [0.29, 0.717) is 34.4 Å². The second-order valence-electron chi connectivity index (χ2n) is 11.2. The van der Waals surface area contributed by atoms with E-state index < -0.39 is 22.2 Å². The van der Waals surface area contributed by atoms with Gasteiger partial charge in [0, 0.05) is 67.1 Å². The minimum atomic E-state index is -4.27. The van der Waals surface area contributed by atoms with Crippen molar-refractivity contribution in [1.29, 1.82) is 0 Å². The van der Waals surface area contributed by atoms with Crippen molar-refractivity contribution in [2.24, 2.45) is 12.2 Å². The number of fused-ring (bicyclic) bond motifs is 1. The molecule has 47 heavy (non-hydrogen) atoms. The van der Waals surface area contributed by atoms with Crippen molar-refractivity contribution in [1.82, 2.24) is 34.3 Å². The first kappa shape index (κ1) is 29.7. The predicted molar refractivity (Wildman–Crippen MR) is 176 cm³/mol. The summed E-state index contributed by atoms with van der Waals surface area (Å²) in [5.74, 6) is 5.36. The quantitative estimate of drug-likeness (QED) is 0.231. The van der Waals surface area contributed by atoms with E-state index in [1.807, 2.05) is 61.5 Å². The second kappa shape index (κ2) is 11.1. The van der Waals surface area contributed by atoms with Crippen molar-refractivity contribution in [2.75, 3.05) is 16.7 Å². The van der Waals surface area contributed by atoms with E-state index in [1.54, 1.807) is 34.6 Å². The number of hydrogen-bond donors (Lipinski definition) is 3. The summed E-state index contributed by atoms with van der Waals surface area (Å²) < 4.78 is 30.5. The van der Waals surface area contributed by atoms with Crippen LogP contribution in [0.3, 0.4) is 0 Å². The standard InChI is InChI=1S/C32H28N10O4S/c1-19(36-31(43)27-29(38-47(33,45)46)37-41-15-7-14-34-30(27)41)28-23-18-39(2)24-13-12-21(11-10-20-16-35-40(3)17-20)25(26(23)24)32(44)42(28)22-8-5-4-6-9-22/h4-9,12-17,19H,18H2,1-3H3,(H,36,43)(H,37,38)(H2,33,45,46)/t19-/m0/s1. The first-order chi connectivity index (χ1) is 22.5. The van der Waals surface area contributed by atoms with Crippen molar-refractivity contribution in [3.05, 3.63) is 112 Å². The zero-order chi connectivity index (χ0) is 33.0. The summed E-state index contributed by atoms with van der Waals surface area (Å²) in [4.78, 5) is 34.9. The fourth-order valence-electron chi connectivity index (χ4n) is 6.06. The Morgan fingerprint density at radius 2 is 1.85 bits per heavy atom. The van der Waals surface area contributed by atoms with Gasteiger partial charge in [0.25, 0.3) is 21.7 Å². The first-order valence-corrected chi connectivity index (χ1v) is 16.0. The van der Waals surface area contributed by atoms with Crippen LogP contribution >= 0.6 is 0 Å². The van der Waals surface area contributed by atoms with Gasteiger partial charge in [-0.25, -0.2) is 14.6 Å². The predicted octanol–water partition coefficient (Wildman–Crippen LogP) is 2.22. The molecule has 0 spiro atoms. The molecule has 7 rings (SSSR count). The van der Waals surface area contributed by atoms with Crippen LogP contribution in [0, 0.1) is 11.8 Å². The third-order valence-corrected chi connectivity index (χ3v) is 8.42. The normalized spacial score (nSPS) is 13.1. The van der Waals surface area contributed by atoms with Crippen LogP contribution in [0.4, 0.5) is 11.5 Å². The first-order valence-electron chi connectivity index (χ1n) is 14.5. The maximum Gasteiger partial charge on any atom is 0.297 e. The summed E-state index contributed by atoms with van der Waals surface area (Å²) in [7, 11) is -0.520. The lowest BCUT2D eigenvalue weighted by Gasteiger charge is -2.23. The smallest absolute Gasteiger partial charge is 0.297 e. The Balaban J connectivity index is 1.42. The average Bonchev–Trinajstić information content (AvgIpc) is 3.71. The van der Waals surface area contributed by atoms with Gasteiger partial charge in [0.1, 0.15) is 5.56 Å². The summed E-state index contributed by atoms with van der Waals surface area (Å²) in [5, 5.41) is 17.8. The Morgan fingerprint density at radius 3 is 2.57 bits per heavy atom.